The number of imidazole rings is 1. The average Bonchev–Trinajstić information content (AvgIpc) is 3.02. The summed E-state index contributed by atoms with van der Waals surface area (Å²) < 4.78 is 6.52. The molecule has 7 heteroatoms. The summed E-state index contributed by atoms with van der Waals surface area (Å²) in [5.74, 6) is 1.27. The lowest BCUT2D eigenvalue weighted by molar-refractivity contribution is -0.128. The van der Waals surface area contributed by atoms with Crippen LogP contribution in [0.25, 0.3) is 21.9 Å². The van der Waals surface area contributed by atoms with E-state index in [9.17, 15) is 4.79 Å². The van der Waals surface area contributed by atoms with Crippen LogP contribution in [0.15, 0.2) is 24.3 Å². The second-order valence-corrected chi connectivity index (χ2v) is 6.14. The molecule has 0 spiro atoms. The molecule has 1 aromatic carbocycles. The molecule has 0 radical (unpaired) electrons. The van der Waals surface area contributed by atoms with Gasteiger partial charge in [-0.05, 0) is 25.3 Å². The van der Waals surface area contributed by atoms with Gasteiger partial charge in [0.15, 0.2) is 5.82 Å². The summed E-state index contributed by atoms with van der Waals surface area (Å²) in [5, 5.41) is 0.969. The molecule has 2 heterocycles. The zero-order valence-corrected chi connectivity index (χ0v) is 15.0. The topological polar surface area (TPSA) is 92.3 Å². The van der Waals surface area contributed by atoms with E-state index in [4.69, 9.17) is 20.3 Å². The number of benzene rings is 1. The predicted molar refractivity (Wildman–Crippen MR) is 101 cm³/mol. The van der Waals surface area contributed by atoms with Gasteiger partial charge in [-0.2, -0.15) is 4.73 Å². The molecule has 0 aliphatic rings. The molecule has 0 aliphatic carbocycles. The van der Waals surface area contributed by atoms with Crippen molar-refractivity contribution in [3.8, 4) is 0 Å². The summed E-state index contributed by atoms with van der Waals surface area (Å²) >= 11 is 0. The normalized spacial score (nSPS) is 11.1. The van der Waals surface area contributed by atoms with Gasteiger partial charge in [-0.15, -0.1) is 0 Å². The van der Waals surface area contributed by atoms with Crippen LogP contribution < -0.4 is 10.6 Å². The fourth-order valence-corrected chi connectivity index (χ4v) is 2.95. The lowest BCUT2D eigenvalue weighted by Gasteiger charge is -2.12. The number of nitrogen functional groups attached to an aromatic ring is 1. The van der Waals surface area contributed by atoms with Crippen LogP contribution in [0.5, 0.6) is 0 Å². The highest BCUT2D eigenvalue weighted by Gasteiger charge is 2.18. The maximum absolute atomic E-state index is 10.2. The highest BCUT2D eigenvalue weighted by atomic mass is 16.7. The molecule has 3 rings (SSSR count). The van der Waals surface area contributed by atoms with Gasteiger partial charge < -0.3 is 15.3 Å². The van der Waals surface area contributed by atoms with Gasteiger partial charge >= 0.3 is 0 Å². The molecule has 7 nitrogen and oxygen atoms in total. The lowest BCUT2D eigenvalue weighted by atomic mass is 10.2. The number of anilines is 1. The molecule has 3 aromatic rings. The Bertz CT molecular complexity index is 891. The van der Waals surface area contributed by atoms with Gasteiger partial charge in [-0.25, -0.2) is 9.97 Å². The first kappa shape index (κ1) is 18.0. The van der Waals surface area contributed by atoms with Gasteiger partial charge in [0.25, 0.3) is 6.47 Å². The Morgan fingerprint density at radius 3 is 2.77 bits per heavy atom. The maximum Gasteiger partial charge on any atom is 0.293 e. The van der Waals surface area contributed by atoms with E-state index < -0.39 is 0 Å². The average molecular weight is 356 g/mol. The van der Waals surface area contributed by atoms with Crippen molar-refractivity contribution in [1.82, 2.24) is 14.7 Å². The fraction of sp³-hybridized carbons (Fsp3) is 0.421. The molecule has 0 saturated heterocycles. The van der Waals surface area contributed by atoms with Crippen LogP contribution >= 0.6 is 0 Å². The molecule has 0 aliphatic heterocycles. The number of para-hydroxylation sites is 1. The summed E-state index contributed by atoms with van der Waals surface area (Å²) in [4.78, 5) is 25.4. The summed E-state index contributed by atoms with van der Waals surface area (Å²) in [7, 11) is 0. The standard InChI is InChI=1S/C19H24N4O3/c1-2-3-10-16-22-17-18(23(16)26-12-7-6-11-25-13-24)14-8-4-5-9-15(14)21-19(17)20/h4-5,8-9,13H,2-3,6-7,10-12H2,1H3,(H2,20,21). The number of hydrogen-bond donors (Lipinski definition) is 1. The molecule has 0 unspecified atom stereocenters. The fourth-order valence-electron chi connectivity index (χ4n) is 2.95. The van der Waals surface area contributed by atoms with Crippen LogP contribution in [-0.4, -0.2) is 34.4 Å². The number of pyridine rings is 1. The van der Waals surface area contributed by atoms with Gasteiger partial charge in [0.2, 0.25) is 0 Å². The number of unbranched alkanes of at least 4 members (excludes halogenated alkanes) is 2. The first-order chi connectivity index (χ1) is 12.8. The number of aryl methyl sites for hydroxylation is 1. The first-order valence-corrected chi connectivity index (χ1v) is 9.00. The van der Waals surface area contributed by atoms with Crippen LogP contribution in [0.3, 0.4) is 0 Å². The van der Waals surface area contributed by atoms with Gasteiger partial charge in [-0.1, -0.05) is 31.5 Å². The second kappa shape index (κ2) is 8.51. The minimum Gasteiger partial charge on any atom is -0.468 e. The molecule has 0 saturated carbocycles. The molecule has 138 valence electrons. The van der Waals surface area contributed by atoms with Crippen molar-refractivity contribution in [2.45, 2.75) is 39.0 Å². The van der Waals surface area contributed by atoms with E-state index in [-0.39, 0.29) is 0 Å². The second-order valence-electron chi connectivity index (χ2n) is 6.14. The molecule has 2 aromatic heterocycles. The Hall–Kier alpha value is -2.83. The molecule has 0 bridgehead atoms. The van der Waals surface area contributed by atoms with Crippen molar-refractivity contribution in [2.75, 3.05) is 18.9 Å². The highest BCUT2D eigenvalue weighted by Crippen LogP contribution is 2.28. The minimum absolute atomic E-state index is 0.403. The van der Waals surface area contributed by atoms with Crippen LogP contribution in [-0.2, 0) is 16.0 Å². The van der Waals surface area contributed by atoms with Crippen molar-refractivity contribution in [3.05, 3.63) is 30.1 Å². The van der Waals surface area contributed by atoms with Crippen LogP contribution in [0.4, 0.5) is 5.82 Å². The smallest absolute Gasteiger partial charge is 0.293 e. The Labute approximate surface area is 152 Å². The number of carbonyl (C=O) groups excluding carboxylic acids is 1. The van der Waals surface area contributed by atoms with E-state index in [0.717, 1.165) is 54.3 Å². The van der Waals surface area contributed by atoms with E-state index in [1.165, 1.54) is 0 Å². The number of aromatic nitrogens is 3. The van der Waals surface area contributed by atoms with Gasteiger partial charge in [0.05, 0.1) is 12.1 Å². The first-order valence-electron chi connectivity index (χ1n) is 9.00. The number of ether oxygens (including phenoxy) is 1. The van der Waals surface area contributed by atoms with E-state index in [1.54, 1.807) is 0 Å². The summed E-state index contributed by atoms with van der Waals surface area (Å²) in [5.41, 5.74) is 8.52. The molecular formula is C19H24N4O3. The van der Waals surface area contributed by atoms with Crippen molar-refractivity contribution in [2.24, 2.45) is 0 Å². The number of fused-ring (bicyclic) bond motifs is 3. The third kappa shape index (κ3) is 3.71. The number of carbonyl (C=O) groups is 1. The van der Waals surface area contributed by atoms with Crippen LogP contribution in [0.1, 0.15) is 38.4 Å². The minimum atomic E-state index is 0.403. The molecule has 0 fully saturated rings. The third-order valence-corrected chi connectivity index (χ3v) is 4.24. The quantitative estimate of drug-likeness (QED) is 0.443. The largest absolute Gasteiger partial charge is 0.468 e. The summed E-state index contributed by atoms with van der Waals surface area (Å²) in [6.45, 7) is 3.52. The monoisotopic (exact) mass is 356 g/mol. The van der Waals surface area contributed by atoms with Gasteiger partial charge in [0.1, 0.15) is 23.5 Å². The summed E-state index contributed by atoms with van der Waals surface area (Å²) in [6, 6.07) is 7.85. The Kier molecular flexibility index (Phi) is 5.88. The highest BCUT2D eigenvalue weighted by molar-refractivity contribution is 6.06. The van der Waals surface area contributed by atoms with Crippen LogP contribution in [0, 0.1) is 0 Å². The van der Waals surface area contributed by atoms with E-state index in [2.05, 4.69) is 11.9 Å². The lowest BCUT2D eigenvalue weighted by Crippen LogP contribution is -2.16. The zero-order valence-electron chi connectivity index (χ0n) is 15.0. The van der Waals surface area contributed by atoms with E-state index in [0.29, 0.717) is 31.0 Å². The van der Waals surface area contributed by atoms with Gasteiger partial charge in [-0.3, -0.25) is 4.79 Å². The van der Waals surface area contributed by atoms with Crippen molar-refractivity contribution < 1.29 is 14.4 Å². The van der Waals surface area contributed by atoms with Gasteiger partial charge in [0, 0.05) is 11.8 Å². The number of rotatable bonds is 10. The number of hydrogen-bond acceptors (Lipinski definition) is 6. The van der Waals surface area contributed by atoms with E-state index >= 15 is 0 Å². The Balaban J connectivity index is 1.95. The molecular weight excluding hydrogens is 332 g/mol. The molecule has 2 N–H and O–H groups in total. The predicted octanol–water partition coefficient (Wildman–Crippen LogP) is 2.89. The van der Waals surface area contributed by atoms with Crippen molar-refractivity contribution in [3.63, 3.8) is 0 Å². The molecule has 0 amide bonds. The zero-order chi connectivity index (χ0) is 18.4. The number of nitrogens with zero attached hydrogens (tertiary/aromatic N) is 3. The molecule has 0 atom stereocenters. The number of nitrogens with two attached hydrogens (primary N) is 1. The Morgan fingerprint density at radius 1 is 1.15 bits per heavy atom. The third-order valence-electron chi connectivity index (χ3n) is 4.24. The van der Waals surface area contributed by atoms with Crippen LogP contribution in [0.2, 0.25) is 0 Å². The summed E-state index contributed by atoms with van der Waals surface area (Å²) in [6.07, 6.45) is 4.43. The van der Waals surface area contributed by atoms with E-state index in [1.807, 2.05) is 29.0 Å². The van der Waals surface area contributed by atoms with Crippen molar-refractivity contribution >= 4 is 34.2 Å². The SMILES string of the molecule is CCCCc1nc2c(N)nc3ccccc3c2n1OCCCCOC=O. The van der Waals surface area contributed by atoms with Crippen molar-refractivity contribution in [1.29, 1.82) is 0 Å². The molecule has 26 heavy (non-hydrogen) atoms. The Morgan fingerprint density at radius 2 is 1.96 bits per heavy atom. The maximum atomic E-state index is 10.2.